The van der Waals surface area contributed by atoms with Gasteiger partial charge < -0.3 is 5.32 Å². The quantitative estimate of drug-likeness (QED) is 0.754. The highest BCUT2D eigenvalue weighted by atomic mass is 32.2. The summed E-state index contributed by atoms with van der Waals surface area (Å²) in [4.78, 5) is 0.311. The summed E-state index contributed by atoms with van der Waals surface area (Å²) in [6, 6.07) is 4.96. The highest BCUT2D eigenvalue weighted by Gasteiger charge is 2.21. The van der Waals surface area contributed by atoms with E-state index in [1.165, 1.54) is 0 Å². The van der Waals surface area contributed by atoms with Gasteiger partial charge in [0.2, 0.25) is 10.0 Å². The molecule has 0 radical (unpaired) electrons. The zero-order valence-electron chi connectivity index (χ0n) is 12.3. The monoisotopic (exact) mass is 308 g/mol. The molecule has 114 valence electrons. The average molecular weight is 308 g/mol. The van der Waals surface area contributed by atoms with E-state index in [4.69, 9.17) is 0 Å². The van der Waals surface area contributed by atoms with Gasteiger partial charge in [-0.1, -0.05) is 12.1 Å². The lowest BCUT2D eigenvalue weighted by atomic mass is 10.1. The van der Waals surface area contributed by atoms with Crippen molar-refractivity contribution in [3.05, 3.63) is 47.3 Å². The summed E-state index contributed by atoms with van der Waals surface area (Å²) in [6.45, 7) is 4.24. The predicted octanol–water partition coefficient (Wildman–Crippen LogP) is 1.48. The summed E-state index contributed by atoms with van der Waals surface area (Å²) >= 11 is 0. The Morgan fingerprint density at radius 2 is 2.14 bits per heavy atom. The lowest BCUT2D eigenvalue weighted by molar-refractivity contribution is 0.566. The van der Waals surface area contributed by atoms with Gasteiger partial charge in [0.1, 0.15) is 0 Å². The standard InChI is InChI=1S/C14H20N4O2S/c1-10-12(7-15-3)5-4-6-14(10)21(19,20)18-11(2)13-8-16-17-9-13/h4-6,8-9,11,15,18H,7H2,1-3H3,(H,16,17). The van der Waals surface area contributed by atoms with Gasteiger partial charge in [-0.2, -0.15) is 5.10 Å². The molecule has 0 saturated carbocycles. The molecule has 2 aromatic rings. The van der Waals surface area contributed by atoms with Crippen LogP contribution in [0.25, 0.3) is 0 Å². The van der Waals surface area contributed by atoms with E-state index >= 15 is 0 Å². The Labute approximate surface area is 125 Å². The Kier molecular flexibility index (Phi) is 4.76. The van der Waals surface area contributed by atoms with Crippen LogP contribution in [0, 0.1) is 6.92 Å². The van der Waals surface area contributed by atoms with Crippen LogP contribution in [0.15, 0.2) is 35.5 Å². The van der Waals surface area contributed by atoms with Gasteiger partial charge in [-0.15, -0.1) is 0 Å². The Hall–Kier alpha value is -1.70. The molecule has 0 spiro atoms. The number of hydrogen-bond acceptors (Lipinski definition) is 4. The first-order valence-corrected chi connectivity index (χ1v) is 8.18. The molecule has 0 fully saturated rings. The van der Waals surface area contributed by atoms with E-state index in [0.29, 0.717) is 11.4 Å². The van der Waals surface area contributed by atoms with Gasteiger partial charge in [0, 0.05) is 24.3 Å². The molecule has 21 heavy (non-hydrogen) atoms. The van der Waals surface area contributed by atoms with Gasteiger partial charge in [-0.3, -0.25) is 5.10 Å². The number of aromatic amines is 1. The van der Waals surface area contributed by atoms with Crippen LogP contribution in [0.1, 0.15) is 29.7 Å². The molecule has 7 heteroatoms. The summed E-state index contributed by atoms with van der Waals surface area (Å²) < 4.78 is 27.8. The maximum atomic E-state index is 12.6. The van der Waals surface area contributed by atoms with Crippen LogP contribution in [0.2, 0.25) is 0 Å². The molecule has 0 aliphatic carbocycles. The first-order valence-electron chi connectivity index (χ1n) is 6.70. The van der Waals surface area contributed by atoms with Crippen LogP contribution in [0.3, 0.4) is 0 Å². The molecule has 1 aromatic heterocycles. The highest BCUT2D eigenvalue weighted by Crippen LogP contribution is 2.21. The summed E-state index contributed by atoms with van der Waals surface area (Å²) in [5.41, 5.74) is 2.53. The first kappa shape index (κ1) is 15.7. The maximum absolute atomic E-state index is 12.6. The number of rotatable bonds is 6. The Morgan fingerprint density at radius 3 is 2.76 bits per heavy atom. The van der Waals surface area contributed by atoms with Crippen LogP contribution in [-0.2, 0) is 16.6 Å². The van der Waals surface area contributed by atoms with E-state index in [-0.39, 0.29) is 6.04 Å². The average Bonchev–Trinajstić information content (AvgIpc) is 2.94. The molecule has 1 aromatic carbocycles. The van der Waals surface area contributed by atoms with Crippen molar-refractivity contribution >= 4 is 10.0 Å². The van der Waals surface area contributed by atoms with Crippen molar-refractivity contribution < 1.29 is 8.42 Å². The second-order valence-electron chi connectivity index (χ2n) is 4.95. The fraction of sp³-hybridized carbons (Fsp3) is 0.357. The Morgan fingerprint density at radius 1 is 1.38 bits per heavy atom. The number of H-pyrrole nitrogens is 1. The van der Waals surface area contributed by atoms with Gasteiger partial charge in [0.25, 0.3) is 0 Å². The third-order valence-electron chi connectivity index (χ3n) is 3.40. The van der Waals surface area contributed by atoms with Gasteiger partial charge in [0.05, 0.1) is 11.1 Å². The Bertz CT molecular complexity index is 696. The molecule has 1 atom stereocenters. The largest absolute Gasteiger partial charge is 0.316 e. The minimum absolute atomic E-state index is 0.311. The summed E-state index contributed by atoms with van der Waals surface area (Å²) in [5.74, 6) is 0. The van der Waals surface area contributed by atoms with Crippen LogP contribution >= 0.6 is 0 Å². The normalized spacial score (nSPS) is 13.3. The van der Waals surface area contributed by atoms with Crippen LogP contribution in [0.4, 0.5) is 0 Å². The van der Waals surface area contributed by atoms with Gasteiger partial charge >= 0.3 is 0 Å². The number of nitrogens with one attached hydrogen (secondary N) is 3. The van der Waals surface area contributed by atoms with Crippen LogP contribution in [0.5, 0.6) is 0 Å². The maximum Gasteiger partial charge on any atom is 0.241 e. The molecular formula is C14H20N4O2S. The minimum Gasteiger partial charge on any atom is -0.316 e. The zero-order valence-corrected chi connectivity index (χ0v) is 13.2. The van der Waals surface area contributed by atoms with Crippen molar-refractivity contribution in [2.24, 2.45) is 0 Å². The van der Waals surface area contributed by atoms with E-state index in [1.807, 2.05) is 20.0 Å². The van der Waals surface area contributed by atoms with Crippen molar-refractivity contribution in [1.82, 2.24) is 20.2 Å². The van der Waals surface area contributed by atoms with Gasteiger partial charge in [0.15, 0.2) is 0 Å². The first-order chi connectivity index (χ1) is 9.95. The lowest BCUT2D eigenvalue weighted by Gasteiger charge is -2.16. The van der Waals surface area contributed by atoms with Crippen molar-refractivity contribution in [1.29, 1.82) is 0 Å². The van der Waals surface area contributed by atoms with Crippen molar-refractivity contribution in [2.45, 2.75) is 31.3 Å². The zero-order chi connectivity index (χ0) is 15.5. The van der Waals surface area contributed by atoms with Gasteiger partial charge in [-0.25, -0.2) is 13.1 Å². The number of hydrogen-bond donors (Lipinski definition) is 3. The third-order valence-corrected chi connectivity index (χ3v) is 5.09. The minimum atomic E-state index is -3.58. The number of sulfonamides is 1. The molecule has 6 nitrogen and oxygen atoms in total. The smallest absolute Gasteiger partial charge is 0.241 e. The molecule has 3 N–H and O–H groups in total. The highest BCUT2D eigenvalue weighted by molar-refractivity contribution is 7.89. The molecule has 0 saturated heterocycles. The number of aromatic nitrogens is 2. The van der Waals surface area contributed by atoms with Gasteiger partial charge in [-0.05, 0) is 38.1 Å². The van der Waals surface area contributed by atoms with E-state index in [0.717, 1.165) is 16.7 Å². The predicted molar refractivity (Wildman–Crippen MR) is 81.3 cm³/mol. The molecule has 0 bridgehead atoms. The second kappa shape index (κ2) is 6.38. The van der Waals surface area contributed by atoms with Crippen LogP contribution in [-0.4, -0.2) is 25.7 Å². The molecule has 0 aliphatic heterocycles. The molecule has 0 amide bonds. The lowest BCUT2D eigenvalue weighted by Crippen LogP contribution is -2.27. The topological polar surface area (TPSA) is 86.9 Å². The van der Waals surface area contributed by atoms with E-state index in [1.54, 1.807) is 31.5 Å². The molecular weight excluding hydrogens is 288 g/mol. The fourth-order valence-corrected chi connectivity index (χ4v) is 3.72. The third kappa shape index (κ3) is 3.49. The molecule has 0 aliphatic rings. The summed E-state index contributed by atoms with van der Waals surface area (Å²) in [6.07, 6.45) is 3.29. The summed E-state index contributed by atoms with van der Waals surface area (Å²) in [7, 11) is -1.74. The van der Waals surface area contributed by atoms with Crippen molar-refractivity contribution in [3.8, 4) is 0 Å². The van der Waals surface area contributed by atoms with E-state index < -0.39 is 10.0 Å². The van der Waals surface area contributed by atoms with Crippen LogP contribution < -0.4 is 10.0 Å². The Balaban J connectivity index is 2.29. The second-order valence-corrected chi connectivity index (χ2v) is 6.63. The molecule has 1 heterocycles. The summed E-state index contributed by atoms with van der Waals surface area (Å²) in [5, 5.41) is 9.55. The van der Waals surface area contributed by atoms with E-state index in [2.05, 4.69) is 20.2 Å². The van der Waals surface area contributed by atoms with Crippen molar-refractivity contribution in [3.63, 3.8) is 0 Å². The SMILES string of the molecule is CNCc1cccc(S(=O)(=O)NC(C)c2cn[nH]c2)c1C. The fourth-order valence-electron chi connectivity index (χ4n) is 2.19. The molecule has 2 rings (SSSR count). The number of benzene rings is 1. The number of nitrogens with zero attached hydrogens (tertiary/aromatic N) is 1. The van der Waals surface area contributed by atoms with Crippen molar-refractivity contribution in [2.75, 3.05) is 7.05 Å². The van der Waals surface area contributed by atoms with E-state index in [9.17, 15) is 8.42 Å². The molecule has 1 unspecified atom stereocenters.